The summed E-state index contributed by atoms with van der Waals surface area (Å²) < 4.78 is 15.9. The smallest absolute Gasteiger partial charge is 0.160 e. The van der Waals surface area contributed by atoms with Crippen LogP contribution in [0.15, 0.2) is 197 Å². The Balaban J connectivity index is 1.26. The van der Waals surface area contributed by atoms with Crippen molar-refractivity contribution < 1.29 is 8.83 Å². The van der Waals surface area contributed by atoms with Gasteiger partial charge >= 0.3 is 0 Å². The Bertz CT molecular complexity index is 3410. The molecule has 0 unspecified atom stereocenters. The first-order chi connectivity index (χ1) is 28.3. The average Bonchev–Trinajstić information content (AvgIpc) is 3.96. The van der Waals surface area contributed by atoms with Crippen molar-refractivity contribution >= 4 is 65.7 Å². The van der Waals surface area contributed by atoms with Crippen LogP contribution in [0.2, 0.25) is 0 Å². The third-order valence-corrected chi connectivity index (χ3v) is 11.2. The molecule has 8 aromatic carbocycles. The highest BCUT2D eigenvalue weighted by atomic mass is 16.3. The van der Waals surface area contributed by atoms with Crippen LogP contribution in [0.25, 0.3) is 116 Å². The van der Waals surface area contributed by atoms with Crippen molar-refractivity contribution in [3.8, 4) is 50.7 Å². The molecular formula is C52H31N3O2. The summed E-state index contributed by atoms with van der Waals surface area (Å²) in [4.78, 5) is 10.7. The van der Waals surface area contributed by atoms with E-state index in [-0.39, 0.29) is 0 Å². The number of hydrogen-bond acceptors (Lipinski definition) is 4. The Morgan fingerprint density at radius 2 is 0.965 bits per heavy atom. The number of aromatic nitrogens is 3. The van der Waals surface area contributed by atoms with Crippen LogP contribution >= 0.6 is 0 Å². The van der Waals surface area contributed by atoms with Crippen LogP contribution in [-0.2, 0) is 0 Å². The van der Waals surface area contributed by atoms with E-state index < -0.39 is 0 Å². The van der Waals surface area contributed by atoms with Gasteiger partial charge in [-0.05, 0) is 48.0 Å². The molecule has 0 amide bonds. The van der Waals surface area contributed by atoms with E-state index in [9.17, 15) is 0 Å². The van der Waals surface area contributed by atoms with E-state index in [0.29, 0.717) is 5.82 Å². The average molecular weight is 730 g/mol. The fraction of sp³-hybridized carbons (Fsp3) is 0. The second-order valence-electron chi connectivity index (χ2n) is 14.5. The third-order valence-electron chi connectivity index (χ3n) is 11.2. The van der Waals surface area contributed by atoms with E-state index in [1.807, 2.05) is 36.4 Å². The lowest BCUT2D eigenvalue weighted by atomic mass is 9.93. The van der Waals surface area contributed by atoms with Crippen molar-refractivity contribution in [2.75, 3.05) is 0 Å². The minimum Gasteiger partial charge on any atom is -0.456 e. The van der Waals surface area contributed by atoms with Crippen LogP contribution in [0, 0.1) is 0 Å². The van der Waals surface area contributed by atoms with E-state index >= 15 is 0 Å². The maximum absolute atomic E-state index is 6.84. The van der Waals surface area contributed by atoms with Crippen molar-refractivity contribution in [2.24, 2.45) is 0 Å². The Labute approximate surface area is 326 Å². The fourth-order valence-corrected chi connectivity index (χ4v) is 8.76. The predicted octanol–water partition coefficient (Wildman–Crippen LogP) is 14.0. The van der Waals surface area contributed by atoms with E-state index in [4.69, 9.17) is 18.8 Å². The van der Waals surface area contributed by atoms with Gasteiger partial charge in [-0.2, -0.15) is 0 Å². The Morgan fingerprint density at radius 1 is 0.386 bits per heavy atom. The first kappa shape index (κ1) is 31.6. The summed E-state index contributed by atoms with van der Waals surface area (Å²) in [7, 11) is 0. The number of rotatable bonds is 5. The van der Waals surface area contributed by atoms with Gasteiger partial charge in [0.05, 0.1) is 28.1 Å². The monoisotopic (exact) mass is 729 g/mol. The molecule has 5 heteroatoms. The molecule has 0 radical (unpaired) electrons. The lowest BCUT2D eigenvalue weighted by molar-refractivity contribution is 0.668. The SMILES string of the molecule is c1ccc(-c2cc(-c3c(-n4c5ccccc5c5ccccc54)ccc4oc5cccc(-c6cccc7c6oc6ccccc67)c5c34)nc(-c3ccccc3)n2)cc1. The molecule has 0 aliphatic rings. The summed E-state index contributed by atoms with van der Waals surface area (Å²) in [6, 6.07) is 65.2. The number of fused-ring (bicyclic) bond motifs is 9. The summed E-state index contributed by atoms with van der Waals surface area (Å²) in [5, 5.41) is 6.52. The second kappa shape index (κ2) is 12.4. The van der Waals surface area contributed by atoms with Crippen molar-refractivity contribution in [3.05, 3.63) is 188 Å². The maximum Gasteiger partial charge on any atom is 0.160 e. The number of furan rings is 2. The van der Waals surface area contributed by atoms with Gasteiger partial charge in [-0.15, -0.1) is 0 Å². The molecule has 5 nitrogen and oxygen atoms in total. The lowest BCUT2D eigenvalue weighted by Crippen LogP contribution is -2.01. The summed E-state index contributed by atoms with van der Waals surface area (Å²) in [6.07, 6.45) is 0. The van der Waals surface area contributed by atoms with Crippen LogP contribution in [0.1, 0.15) is 0 Å². The molecule has 0 spiro atoms. The standard InChI is InChI=1S/C52H31N3O2/c1-3-15-32(16-4-1)40-31-41(54-52(53-40)33-17-5-2-6-18-33)49-44(55-42-25-10-7-19-34(42)35-20-8-11-26-43(35)55)29-30-47-50(49)48-37(22-14-28-46(48)56-47)39-24-13-23-38-36-21-9-12-27-45(36)57-51(38)39/h1-31H. The van der Waals surface area contributed by atoms with Gasteiger partial charge in [0.15, 0.2) is 5.82 Å². The molecule has 0 aliphatic heterocycles. The zero-order chi connectivity index (χ0) is 37.5. The van der Waals surface area contributed by atoms with Gasteiger partial charge in [-0.3, -0.25) is 0 Å². The largest absolute Gasteiger partial charge is 0.456 e. The highest BCUT2D eigenvalue weighted by Crippen LogP contribution is 2.47. The Morgan fingerprint density at radius 3 is 1.74 bits per heavy atom. The molecule has 12 rings (SSSR count). The van der Waals surface area contributed by atoms with E-state index in [2.05, 4.69) is 156 Å². The Kier molecular flexibility index (Phi) is 6.86. The highest BCUT2D eigenvalue weighted by Gasteiger charge is 2.25. The zero-order valence-corrected chi connectivity index (χ0v) is 30.6. The molecular weight excluding hydrogens is 699 g/mol. The van der Waals surface area contributed by atoms with Gasteiger partial charge in [0, 0.05) is 54.6 Å². The normalized spacial score (nSPS) is 11.9. The van der Waals surface area contributed by atoms with Gasteiger partial charge in [-0.1, -0.05) is 146 Å². The van der Waals surface area contributed by atoms with Crippen LogP contribution in [0.5, 0.6) is 0 Å². The van der Waals surface area contributed by atoms with E-state index in [0.717, 1.165) is 99.8 Å². The minimum atomic E-state index is 0.650. The highest BCUT2D eigenvalue weighted by molar-refractivity contribution is 6.22. The van der Waals surface area contributed by atoms with Gasteiger partial charge < -0.3 is 13.4 Å². The van der Waals surface area contributed by atoms with Crippen LogP contribution < -0.4 is 0 Å². The molecule has 4 heterocycles. The van der Waals surface area contributed by atoms with Crippen molar-refractivity contribution in [2.45, 2.75) is 0 Å². The second-order valence-corrected chi connectivity index (χ2v) is 14.5. The molecule has 266 valence electrons. The molecule has 57 heavy (non-hydrogen) atoms. The van der Waals surface area contributed by atoms with Crippen molar-refractivity contribution in [1.29, 1.82) is 0 Å². The molecule has 0 fully saturated rings. The molecule has 0 aliphatic carbocycles. The van der Waals surface area contributed by atoms with E-state index in [1.165, 1.54) is 10.8 Å². The fourth-order valence-electron chi connectivity index (χ4n) is 8.76. The number of benzene rings is 8. The molecule has 0 atom stereocenters. The van der Waals surface area contributed by atoms with Crippen LogP contribution in [0.4, 0.5) is 0 Å². The summed E-state index contributed by atoms with van der Waals surface area (Å²) in [5.74, 6) is 0.650. The topological polar surface area (TPSA) is 57.0 Å². The summed E-state index contributed by atoms with van der Waals surface area (Å²) >= 11 is 0. The molecule has 0 saturated heterocycles. The van der Waals surface area contributed by atoms with Crippen LogP contribution in [0.3, 0.4) is 0 Å². The van der Waals surface area contributed by atoms with E-state index in [1.54, 1.807) is 0 Å². The van der Waals surface area contributed by atoms with Gasteiger partial charge in [-0.25, -0.2) is 9.97 Å². The molecule has 4 aromatic heterocycles. The first-order valence-corrected chi connectivity index (χ1v) is 19.2. The number of para-hydroxylation sites is 4. The minimum absolute atomic E-state index is 0.650. The molecule has 0 saturated carbocycles. The molecule has 0 N–H and O–H groups in total. The maximum atomic E-state index is 6.84. The first-order valence-electron chi connectivity index (χ1n) is 19.2. The van der Waals surface area contributed by atoms with Gasteiger partial charge in [0.25, 0.3) is 0 Å². The zero-order valence-electron chi connectivity index (χ0n) is 30.6. The van der Waals surface area contributed by atoms with Gasteiger partial charge in [0.2, 0.25) is 0 Å². The van der Waals surface area contributed by atoms with Crippen molar-refractivity contribution in [3.63, 3.8) is 0 Å². The predicted molar refractivity (Wildman–Crippen MR) is 233 cm³/mol. The lowest BCUT2D eigenvalue weighted by Gasteiger charge is -2.17. The van der Waals surface area contributed by atoms with Crippen LogP contribution in [-0.4, -0.2) is 14.5 Å². The molecule has 12 aromatic rings. The summed E-state index contributed by atoms with van der Waals surface area (Å²) in [5.41, 5.74) is 13.1. The Hall–Kier alpha value is -7.76. The molecule has 0 bridgehead atoms. The quantitative estimate of drug-likeness (QED) is 0.177. The third kappa shape index (κ3) is 4.82. The summed E-state index contributed by atoms with van der Waals surface area (Å²) in [6.45, 7) is 0. The van der Waals surface area contributed by atoms with Gasteiger partial charge in [0.1, 0.15) is 22.3 Å². The number of hydrogen-bond donors (Lipinski definition) is 0. The van der Waals surface area contributed by atoms with Crippen molar-refractivity contribution in [1.82, 2.24) is 14.5 Å². The number of nitrogens with zero attached hydrogens (tertiary/aromatic N) is 3.